The highest BCUT2D eigenvalue weighted by Gasteiger charge is 2.20. The van der Waals surface area contributed by atoms with Gasteiger partial charge in [-0.3, -0.25) is 0 Å². The lowest BCUT2D eigenvalue weighted by Gasteiger charge is -2.13. The number of anilines is 1. The van der Waals surface area contributed by atoms with E-state index in [1.165, 1.54) is 0 Å². The summed E-state index contributed by atoms with van der Waals surface area (Å²) >= 11 is 0. The molecule has 0 aliphatic heterocycles. The second-order valence-corrected chi connectivity index (χ2v) is 4.99. The number of aliphatic hydroxyl groups is 1. The number of benzene rings is 1. The zero-order valence-electron chi connectivity index (χ0n) is 11.5. The Balaban J connectivity index is 1.94. The van der Waals surface area contributed by atoms with Crippen molar-refractivity contribution in [3.05, 3.63) is 23.8 Å². The average molecular weight is 279 g/mol. The molecule has 3 N–H and O–H groups in total. The Morgan fingerprint density at radius 3 is 2.75 bits per heavy atom. The van der Waals surface area contributed by atoms with E-state index in [2.05, 4.69) is 0 Å². The summed E-state index contributed by atoms with van der Waals surface area (Å²) in [4.78, 5) is 12.0. The van der Waals surface area contributed by atoms with Gasteiger partial charge in [-0.2, -0.15) is 0 Å². The van der Waals surface area contributed by atoms with Gasteiger partial charge >= 0.3 is 5.97 Å². The molecule has 1 fully saturated rings. The lowest BCUT2D eigenvalue weighted by atomic mass is 10.2. The molecule has 1 aliphatic carbocycles. The number of nitrogen functional groups attached to an aromatic ring is 1. The van der Waals surface area contributed by atoms with Crippen LogP contribution in [0.2, 0.25) is 0 Å². The summed E-state index contributed by atoms with van der Waals surface area (Å²) in [6.07, 6.45) is 4.73. The highest BCUT2D eigenvalue weighted by atomic mass is 16.5. The van der Waals surface area contributed by atoms with Gasteiger partial charge in [0, 0.05) is 13.0 Å². The van der Waals surface area contributed by atoms with Gasteiger partial charge in [0.1, 0.15) is 11.9 Å². The van der Waals surface area contributed by atoms with Crippen molar-refractivity contribution in [3.63, 3.8) is 0 Å². The molecule has 0 aromatic heterocycles. The first-order valence-electron chi connectivity index (χ1n) is 7.05. The summed E-state index contributed by atoms with van der Waals surface area (Å²) in [5, 5.41) is 8.69. The van der Waals surface area contributed by atoms with Crippen LogP contribution in [-0.4, -0.2) is 30.4 Å². The monoisotopic (exact) mass is 279 g/mol. The van der Waals surface area contributed by atoms with Crippen molar-refractivity contribution in [2.75, 3.05) is 18.9 Å². The first kappa shape index (κ1) is 14.7. The number of carbonyl (C=O) groups is 1. The Labute approximate surface area is 118 Å². The Morgan fingerprint density at radius 1 is 1.35 bits per heavy atom. The number of hydrogen-bond donors (Lipinski definition) is 2. The number of rotatable bonds is 6. The van der Waals surface area contributed by atoms with Gasteiger partial charge < -0.3 is 20.3 Å². The number of esters is 1. The van der Waals surface area contributed by atoms with E-state index in [0.29, 0.717) is 30.0 Å². The molecule has 5 nitrogen and oxygen atoms in total. The van der Waals surface area contributed by atoms with Crippen LogP contribution in [-0.2, 0) is 4.74 Å². The average Bonchev–Trinajstić information content (AvgIpc) is 2.93. The number of carbonyl (C=O) groups excluding carboxylic acids is 1. The SMILES string of the molecule is Nc1cc(C(=O)OC2CCCC2)ccc1OCCCO. The molecule has 0 saturated heterocycles. The van der Waals surface area contributed by atoms with Crippen molar-refractivity contribution in [3.8, 4) is 5.75 Å². The molecule has 110 valence electrons. The summed E-state index contributed by atoms with van der Waals surface area (Å²) < 4.78 is 10.8. The zero-order chi connectivity index (χ0) is 14.4. The molecule has 0 amide bonds. The molecule has 0 unspecified atom stereocenters. The van der Waals surface area contributed by atoms with Crippen molar-refractivity contribution < 1.29 is 19.4 Å². The number of hydrogen-bond acceptors (Lipinski definition) is 5. The Morgan fingerprint density at radius 2 is 2.10 bits per heavy atom. The molecule has 0 heterocycles. The first-order chi connectivity index (χ1) is 9.70. The van der Waals surface area contributed by atoms with E-state index in [0.717, 1.165) is 25.7 Å². The molecule has 5 heteroatoms. The van der Waals surface area contributed by atoms with E-state index in [4.69, 9.17) is 20.3 Å². The van der Waals surface area contributed by atoms with E-state index < -0.39 is 0 Å². The van der Waals surface area contributed by atoms with Crippen LogP contribution in [0.15, 0.2) is 18.2 Å². The van der Waals surface area contributed by atoms with Crippen molar-refractivity contribution in [1.29, 1.82) is 0 Å². The van der Waals surface area contributed by atoms with E-state index in [9.17, 15) is 4.79 Å². The maximum absolute atomic E-state index is 12.0. The topological polar surface area (TPSA) is 81.8 Å². The number of aliphatic hydroxyl groups excluding tert-OH is 1. The molecule has 1 aromatic rings. The van der Waals surface area contributed by atoms with Gasteiger partial charge in [0.25, 0.3) is 0 Å². The highest BCUT2D eigenvalue weighted by Crippen LogP contribution is 2.25. The van der Waals surface area contributed by atoms with E-state index in [1.54, 1.807) is 18.2 Å². The molecule has 1 aromatic carbocycles. The molecule has 1 aliphatic rings. The smallest absolute Gasteiger partial charge is 0.338 e. The third kappa shape index (κ3) is 3.87. The van der Waals surface area contributed by atoms with Gasteiger partial charge in [-0.1, -0.05) is 0 Å². The lowest BCUT2D eigenvalue weighted by molar-refractivity contribution is 0.0318. The van der Waals surface area contributed by atoms with Gasteiger partial charge in [-0.25, -0.2) is 4.79 Å². The normalized spacial score (nSPS) is 15.2. The van der Waals surface area contributed by atoms with E-state index in [1.807, 2.05) is 0 Å². The lowest BCUT2D eigenvalue weighted by Crippen LogP contribution is -2.15. The van der Waals surface area contributed by atoms with Gasteiger partial charge in [0.2, 0.25) is 0 Å². The predicted octanol–water partition coefficient (Wildman–Crippen LogP) is 2.13. The molecule has 0 radical (unpaired) electrons. The summed E-state index contributed by atoms with van der Waals surface area (Å²) in [6.45, 7) is 0.471. The second-order valence-electron chi connectivity index (χ2n) is 4.99. The molecule has 0 spiro atoms. The molecule has 2 rings (SSSR count). The van der Waals surface area contributed by atoms with Crippen LogP contribution in [0.4, 0.5) is 5.69 Å². The maximum atomic E-state index is 12.0. The molecule has 0 bridgehead atoms. The second kappa shape index (κ2) is 7.14. The van der Waals surface area contributed by atoms with Gasteiger partial charge in [-0.05, 0) is 43.9 Å². The minimum absolute atomic E-state index is 0.0456. The largest absolute Gasteiger partial charge is 0.491 e. The van der Waals surface area contributed by atoms with E-state index in [-0.39, 0.29) is 18.7 Å². The van der Waals surface area contributed by atoms with Crippen LogP contribution < -0.4 is 10.5 Å². The third-order valence-electron chi connectivity index (χ3n) is 3.38. The van der Waals surface area contributed by atoms with Gasteiger partial charge in [0.15, 0.2) is 0 Å². The van der Waals surface area contributed by atoms with Crippen molar-refractivity contribution >= 4 is 11.7 Å². The minimum atomic E-state index is -0.328. The zero-order valence-corrected chi connectivity index (χ0v) is 11.5. The van der Waals surface area contributed by atoms with Crippen molar-refractivity contribution in [2.45, 2.75) is 38.2 Å². The van der Waals surface area contributed by atoms with Gasteiger partial charge in [-0.15, -0.1) is 0 Å². The van der Waals surface area contributed by atoms with Crippen molar-refractivity contribution in [1.82, 2.24) is 0 Å². The Kier molecular flexibility index (Phi) is 5.24. The number of nitrogens with two attached hydrogens (primary N) is 1. The van der Waals surface area contributed by atoms with Crippen LogP contribution >= 0.6 is 0 Å². The van der Waals surface area contributed by atoms with Crippen molar-refractivity contribution in [2.24, 2.45) is 0 Å². The Bertz CT molecular complexity index is 455. The maximum Gasteiger partial charge on any atom is 0.338 e. The third-order valence-corrected chi connectivity index (χ3v) is 3.38. The standard InChI is InChI=1S/C15H21NO4/c16-13-10-11(6-7-14(13)19-9-3-8-17)15(18)20-12-4-1-2-5-12/h6-7,10,12,17H,1-5,8-9,16H2. The van der Waals surface area contributed by atoms with Crippen LogP contribution in [0.1, 0.15) is 42.5 Å². The fourth-order valence-corrected chi connectivity index (χ4v) is 2.28. The summed E-state index contributed by atoms with van der Waals surface area (Å²) in [7, 11) is 0. The quantitative estimate of drug-likeness (QED) is 0.473. The highest BCUT2D eigenvalue weighted by molar-refractivity contribution is 5.91. The van der Waals surface area contributed by atoms with Crippen LogP contribution in [0.25, 0.3) is 0 Å². The predicted molar refractivity (Wildman–Crippen MR) is 75.7 cm³/mol. The molecular formula is C15H21NO4. The molecular weight excluding hydrogens is 258 g/mol. The molecule has 0 atom stereocenters. The molecule has 20 heavy (non-hydrogen) atoms. The van der Waals surface area contributed by atoms with Crippen LogP contribution in [0, 0.1) is 0 Å². The summed E-state index contributed by atoms with van der Waals surface area (Å²) in [5.41, 5.74) is 6.71. The summed E-state index contributed by atoms with van der Waals surface area (Å²) in [6, 6.07) is 4.89. The number of ether oxygens (including phenoxy) is 2. The first-order valence-corrected chi connectivity index (χ1v) is 7.05. The Hall–Kier alpha value is -1.75. The van der Waals surface area contributed by atoms with E-state index >= 15 is 0 Å². The van der Waals surface area contributed by atoms with Crippen LogP contribution in [0.3, 0.4) is 0 Å². The fraction of sp³-hybridized carbons (Fsp3) is 0.533. The van der Waals surface area contributed by atoms with Gasteiger partial charge in [0.05, 0.1) is 17.9 Å². The fourth-order valence-electron chi connectivity index (χ4n) is 2.28. The molecule has 1 saturated carbocycles. The minimum Gasteiger partial charge on any atom is -0.491 e. The summed E-state index contributed by atoms with van der Waals surface area (Å²) in [5.74, 6) is 0.196. The van der Waals surface area contributed by atoms with Crippen LogP contribution in [0.5, 0.6) is 5.75 Å².